The largest absolute Gasteiger partial charge is 0.464 e. The first kappa shape index (κ1) is 14.0. The molecule has 2 atom stereocenters. The highest BCUT2D eigenvalue weighted by atomic mass is 16.5. The summed E-state index contributed by atoms with van der Waals surface area (Å²) >= 11 is 0. The molecule has 1 saturated heterocycles. The summed E-state index contributed by atoms with van der Waals surface area (Å²) in [6.07, 6.45) is 1.92. The quantitative estimate of drug-likeness (QED) is 0.819. The predicted octanol–water partition coefficient (Wildman–Crippen LogP) is 1.57. The lowest BCUT2D eigenvalue weighted by Gasteiger charge is -2.29. The van der Waals surface area contributed by atoms with Gasteiger partial charge in [0.15, 0.2) is 0 Å². The van der Waals surface area contributed by atoms with Crippen LogP contribution in [-0.4, -0.2) is 41.3 Å². The van der Waals surface area contributed by atoms with Crippen molar-refractivity contribution >= 4 is 5.97 Å². The lowest BCUT2D eigenvalue weighted by atomic mass is 10.2. The molecule has 0 aromatic heterocycles. The predicted molar refractivity (Wildman–Crippen MR) is 72.5 cm³/mol. The minimum absolute atomic E-state index is 0.156. The number of ether oxygens (including phenoxy) is 1. The maximum atomic E-state index is 10.9. The van der Waals surface area contributed by atoms with E-state index in [1.54, 1.807) is 0 Å². The molecule has 0 aliphatic carbocycles. The molecule has 0 radical (unpaired) electrons. The molecule has 0 saturated carbocycles. The van der Waals surface area contributed by atoms with Gasteiger partial charge in [0.25, 0.3) is 0 Å². The molecular weight excluding hydrogens is 242 g/mol. The number of hydrogen-bond acceptors (Lipinski definition) is 4. The number of carbonyl (C=O) groups excluding carboxylic acids is 1. The number of esters is 1. The van der Waals surface area contributed by atoms with E-state index in [4.69, 9.17) is 4.74 Å². The third-order valence-corrected chi connectivity index (χ3v) is 3.67. The van der Waals surface area contributed by atoms with Crippen molar-refractivity contribution in [2.24, 2.45) is 0 Å². The van der Waals surface area contributed by atoms with Crippen LogP contribution in [0.25, 0.3) is 0 Å². The van der Waals surface area contributed by atoms with Gasteiger partial charge in [-0.25, -0.2) is 0 Å². The van der Waals surface area contributed by atoms with Crippen LogP contribution in [0.15, 0.2) is 30.3 Å². The second kappa shape index (κ2) is 6.68. The van der Waals surface area contributed by atoms with Gasteiger partial charge in [0.2, 0.25) is 0 Å². The van der Waals surface area contributed by atoms with E-state index in [-0.39, 0.29) is 24.7 Å². The standard InChI is InChI=1S/C15H21NO3/c1-12(18)19-11-15-8-7-14(10-17)16(15)9-13-5-3-2-4-6-13/h2-6,14-15,17H,7-11H2,1H3/t14-,15-/m0/s1. The highest BCUT2D eigenvalue weighted by molar-refractivity contribution is 5.65. The summed E-state index contributed by atoms with van der Waals surface area (Å²) in [6, 6.07) is 10.6. The van der Waals surface area contributed by atoms with Crippen LogP contribution in [0.1, 0.15) is 25.3 Å². The van der Waals surface area contributed by atoms with E-state index in [1.165, 1.54) is 12.5 Å². The lowest BCUT2D eigenvalue weighted by Crippen LogP contribution is -2.40. The van der Waals surface area contributed by atoms with Crippen molar-refractivity contribution in [1.29, 1.82) is 0 Å². The molecule has 2 rings (SSSR count). The van der Waals surface area contributed by atoms with Crippen molar-refractivity contribution in [2.75, 3.05) is 13.2 Å². The van der Waals surface area contributed by atoms with Gasteiger partial charge in [0, 0.05) is 25.6 Å². The lowest BCUT2D eigenvalue weighted by molar-refractivity contribution is -0.142. The molecule has 1 aromatic carbocycles. The van der Waals surface area contributed by atoms with Gasteiger partial charge in [0.1, 0.15) is 6.61 Å². The molecule has 0 spiro atoms. The Morgan fingerprint density at radius 2 is 2.00 bits per heavy atom. The SMILES string of the molecule is CC(=O)OC[C@@H]1CC[C@@H](CO)N1Cc1ccccc1. The molecule has 4 nitrogen and oxygen atoms in total. The summed E-state index contributed by atoms with van der Waals surface area (Å²) in [5.74, 6) is -0.243. The Morgan fingerprint density at radius 3 is 2.63 bits per heavy atom. The molecule has 1 aliphatic heterocycles. The van der Waals surface area contributed by atoms with Crippen LogP contribution in [0.4, 0.5) is 0 Å². The van der Waals surface area contributed by atoms with E-state index in [0.29, 0.717) is 6.61 Å². The van der Waals surface area contributed by atoms with Gasteiger partial charge < -0.3 is 9.84 Å². The molecule has 0 bridgehead atoms. The van der Waals surface area contributed by atoms with Gasteiger partial charge in [-0.3, -0.25) is 9.69 Å². The van der Waals surface area contributed by atoms with Crippen molar-refractivity contribution < 1.29 is 14.6 Å². The highest BCUT2D eigenvalue weighted by Gasteiger charge is 2.33. The first-order valence-corrected chi connectivity index (χ1v) is 6.74. The fourth-order valence-corrected chi connectivity index (χ4v) is 2.66. The Morgan fingerprint density at radius 1 is 1.32 bits per heavy atom. The van der Waals surface area contributed by atoms with E-state index in [1.807, 2.05) is 18.2 Å². The molecule has 19 heavy (non-hydrogen) atoms. The first-order valence-electron chi connectivity index (χ1n) is 6.74. The smallest absolute Gasteiger partial charge is 0.302 e. The molecule has 0 amide bonds. The molecule has 4 heteroatoms. The van der Waals surface area contributed by atoms with Gasteiger partial charge in [-0.2, -0.15) is 0 Å². The van der Waals surface area contributed by atoms with Crippen molar-refractivity contribution in [2.45, 2.75) is 38.4 Å². The van der Waals surface area contributed by atoms with E-state index in [9.17, 15) is 9.90 Å². The number of benzene rings is 1. The molecular formula is C15H21NO3. The molecule has 1 fully saturated rings. The Balaban J connectivity index is 2.01. The third kappa shape index (κ3) is 3.78. The maximum absolute atomic E-state index is 10.9. The first-order chi connectivity index (χ1) is 9.20. The third-order valence-electron chi connectivity index (χ3n) is 3.67. The van der Waals surface area contributed by atoms with Gasteiger partial charge in [-0.1, -0.05) is 30.3 Å². The van der Waals surface area contributed by atoms with Crippen LogP contribution >= 0.6 is 0 Å². The monoisotopic (exact) mass is 263 g/mol. The maximum Gasteiger partial charge on any atom is 0.302 e. The summed E-state index contributed by atoms with van der Waals surface area (Å²) in [6.45, 7) is 2.79. The summed E-state index contributed by atoms with van der Waals surface area (Å²) in [4.78, 5) is 13.2. The van der Waals surface area contributed by atoms with E-state index < -0.39 is 0 Å². The highest BCUT2D eigenvalue weighted by Crippen LogP contribution is 2.26. The van der Waals surface area contributed by atoms with Crippen LogP contribution < -0.4 is 0 Å². The Bertz CT molecular complexity index is 407. The van der Waals surface area contributed by atoms with E-state index in [0.717, 1.165) is 19.4 Å². The van der Waals surface area contributed by atoms with Crippen LogP contribution in [-0.2, 0) is 16.1 Å². The Hall–Kier alpha value is -1.39. The zero-order valence-electron chi connectivity index (χ0n) is 11.3. The van der Waals surface area contributed by atoms with Crippen LogP contribution in [0.5, 0.6) is 0 Å². The van der Waals surface area contributed by atoms with Gasteiger partial charge in [-0.05, 0) is 18.4 Å². The summed E-state index contributed by atoms with van der Waals surface area (Å²) < 4.78 is 5.12. The topological polar surface area (TPSA) is 49.8 Å². The molecule has 1 heterocycles. The van der Waals surface area contributed by atoms with E-state index >= 15 is 0 Å². The molecule has 1 N–H and O–H groups in total. The Kier molecular flexibility index (Phi) is 4.93. The van der Waals surface area contributed by atoms with Crippen molar-refractivity contribution in [3.63, 3.8) is 0 Å². The normalized spacial score (nSPS) is 23.5. The zero-order chi connectivity index (χ0) is 13.7. The molecule has 104 valence electrons. The molecule has 1 aromatic rings. The summed E-state index contributed by atoms with van der Waals surface area (Å²) in [5.41, 5.74) is 1.22. The number of carbonyl (C=O) groups is 1. The molecule has 0 unspecified atom stereocenters. The number of nitrogens with zero attached hydrogens (tertiary/aromatic N) is 1. The van der Waals surface area contributed by atoms with Crippen LogP contribution in [0.3, 0.4) is 0 Å². The van der Waals surface area contributed by atoms with Crippen molar-refractivity contribution in [3.8, 4) is 0 Å². The van der Waals surface area contributed by atoms with Gasteiger partial charge in [0.05, 0.1) is 6.61 Å². The van der Waals surface area contributed by atoms with Crippen molar-refractivity contribution in [1.82, 2.24) is 4.90 Å². The molecule has 1 aliphatic rings. The summed E-state index contributed by atoms with van der Waals surface area (Å²) in [5, 5.41) is 9.46. The second-order valence-electron chi connectivity index (χ2n) is 5.03. The average molecular weight is 263 g/mol. The number of aliphatic hydroxyl groups excluding tert-OH is 1. The average Bonchev–Trinajstić information content (AvgIpc) is 2.80. The number of rotatable bonds is 5. The van der Waals surface area contributed by atoms with Crippen LogP contribution in [0.2, 0.25) is 0 Å². The summed E-state index contributed by atoms with van der Waals surface area (Å²) in [7, 11) is 0. The number of aliphatic hydroxyl groups is 1. The fourth-order valence-electron chi connectivity index (χ4n) is 2.66. The van der Waals surface area contributed by atoms with Crippen molar-refractivity contribution in [3.05, 3.63) is 35.9 Å². The number of hydrogen-bond donors (Lipinski definition) is 1. The Labute approximate surface area is 114 Å². The minimum Gasteiger partial charge on any atom is -0.464 e. The fraction of sp³-hybridized carbons (Fsp3) is 0.533. The van der Waals surface area contributed by atoms with Gasteiger partial charge in [-0.15, -0.1) is 0 Å². The minimum atomic E-state index is -0.243. The van der Waals surface area contributed by atoms with E-state index in [2.05, 4.69) is 17.0 Å². The second-order valence-corrected chi connectivity index (χ2v) is 5.03. The zero-order valence-corrected chi connectivity index (χ0v) is 11.3. The van der Waals surface area contributed by atoms with Crippen LogP contribution in [0, 0.1) is 0 Å². The van der Waals surface area contributed by atoms with Gasteiger partial charge >= 0.3 is 5.97 Å². The number of likely N-dealkylation sites (tertiary alicyclic amines) is 1.